The molecule has 2 aliphatic carbocycles. The molecule has 6 heteroatoms. The van der Waals surface area contributed by atoms with E-state index in [1.807, 2.05) is 6.92 Å². The Kier molecular flexibility index (Phi) is 5.02. The normalized spacial score (nSPS) is 41.9. The monoisotopic (exact) mass is 310 g/mol. The lowest BCUT2D eigenvalue weighted by Gasteiger charge is -2.41. The summed E-state index contributed by atoms with van der Waals surface area (Å²) in [5, 5.41) is 16.4. The molecule has 0 aromatic carbocycles. The molecular weight excluding hydrogens is 284 g/mol. The SMILES string of the molecule is CC(=O)NC1CCC(C=O)(NC2CCC(O)(C=O)C[C@H]2C)C1. The highest BCUT2D eigenvalue weighted by Crippen LogP contribution is 2.35. The Morgan fingerprint density at radius 1 is 1.18 bits per heavy atom. The fourth-order valence-corrected chi connectivity index (χ4v) is 3.94. The molecule has 2 saturated carbocycles. The minimum absolute atomic E-state index is 0.0287. The number of carbonyl (C=O) groups excluding carboxylic acids is 3. The van der Waals surface area contributed by atoms with Crippen LogP contribution >= 0.6 is 0 Å². The van der Waals surface area contributed by atoms with Crippen molar-refractivity contribution in [2.45, 2.75) is 75.6 Å². The number of aliphatic hydroxyl groups is 1. The van der Waals surface area contributed by atoms with E-state index in [1.165, 1.54) is 6.92 Å². The first kappa shape index (κ1) is 17.1. The Morgan fingerprint density at radius 3 is 2.45 bits per heavy atom. The van der Waals surface area contributed by atoms with Gasteiger partial charge in [-0.2, -0.15) is 0 Å². The summed E-state index contributed by atoms with van der Waals surface area (Å²) < 4.78 is 0. The molecule has 22 heavy (non-hydrogen) atoms. The van der Waals surface area contributed by atoms with E-state index >= 15 is 0 Å². The van der Waals surface area contributed by atoms with E-state index < -0.39 is 11.1 Å². The molecule has 0 spiro atoms. The Morgan fingerprint density at radius 2 is 1.91 bits per heavy atom. The Hall–Kier alpha value is -1.27. The van der Waals surface area contributed by atoms with Gasteiger partial charge in [-0.05, 0) is 44.4 Å². The fraction of sp³-hybridized carbons (Fsp3) is 0.812. The zero-order chi connectivity index (χ0) is 16.4. The number of aldehydes is 2. The molecule has 124 valence electrons. The van der Waals surface area contributed by atoms with E-state index in [0.29, 0.717) is 38.4 Å². The molecule has 2 rings (SSSR count). The summed E-state index contributed by atoms with van der Waals surface area (Å²) in [6, 6.07) is 0.127. The van der Waals surface area contributed by atoms with Gasteiger partial charge in [-0.1, -0.05) is 6.92 Å². The standard InChI is InChI=1S/C16H26N2O4/c1-11-7-16(22,10-20)6-4-14(11)18-15(9-19)5-3-13(8-15)17-12(2)21/h9-11,13-14,18,22H,3-8H2,1-2H3,(H,17,21)/t11-,13?,14?,15?,16?/m1/s1. The summed E-state index contributed by atoms with van der Waals surface area (Å²) in [4.78, 5) is 33.8. The average molecular weight is 310 g/mol. The number of nitrogens with one attached hydrogen (secondary N) is 2. The second-order valence-electron chi connectivity index (χ2n) is 7.11. The van der Waals surface area contributed by atoms with Gasteiger partial charge < -0.3 is 25.3 Å². The largest absolute Gasteiger partial charge is 0.382 e. The summed E-state index contributed by atoms with van der Waals surface area (Å²) in [6.07, 6.45) is 5.17. The van der Waals surface area contributed by atoms with Crippen LogP contribution in [-0.2, 0) is 14.4 Å². The second kappa shape index (κ2) is 6.46. The van der Waals surface area contributed by atoms with Crippen LogP contribution in [0.25, 0.3) is 0 Å². The van der Waals surface area contributed by atoms with Crippen molar-refractivity contribution in [1.82, 2.24) is 10.6 Å². The summed E-state index contributed by atoms with van der Waals surface area (Å²) in [5.41, 5.74) is -1.83. The zero-order valence-electron chi connectivity index (χ0n) is 13.3. The van der Waals surface area contributed by atoms with Crippen LogP contribution in [0.15, 0.2) is 0 Å². The van der Waals surface area contributed by atoms with Gasteiger partial charge in [0.25, 0.3) is 0 Å². The van der Waals surface area contributed by atoms with Gasteiger partial charge in [0.1, 0.15) is 11.9 Å². The number of hydrogen-bond acceptors (Lipinski definition) is 5. The van der Waals surface area contributed by atoms with E-state index in [4.69, 9.17) is 0 Å². The first-order valence-corrected chi connectivity index (χ1v) is 8.01. The zero-order valence-corrected chi connectivity index (χ0v) is 13.3. The molecule has 0 aliphatic heterocycles. The van der Waals surface area contributed by atoms with Crippen LogP contribution < -0.4 is 10.6 Å². The molecule has 0 aromatic heterocycles. The lowest BCUT2D eigenvalue weighted by atomic mass is 9.75. The first-order chi connectivity index (χ1) is 10.3. The predicted octanol–water partition coefficient (Wildman–Crippen LogP) is 0.321. The van der Waals surface area contributed by atoms with Gasteiger partial charge in [-0.3, -0.25) is 4.79 Å². The number of amides is 1. The minimum Gasteiger partial charge on any atom is -0.382 e. The van der Waals surface area contributed by atoms with Gasteiger partial charge in [-0.25, -0.2) is 0 Å². The Balaban J connectivity index is 1.98. The van der Waals surface area contributed by atoms with E-state index in [-0.39, 0.29) is 23.9 Å². The van der Waals surface area contributed by atoms with Crippen LogP contribution in [0.5, 0.6) is 0 Å². The summed E-state index contributed by atoms with van der Waals surface area (Å²) >= 11 is 0. The average Bonchev–Trinajstić information content (AvgIpc) is 2.85. The van der Waals surface area contributed by atoms with Gasteiger partial charge in [0.05, 0.1) is 5.54 Å². The molecule has 0 saturated heterocycles. The molecule has 5 atom stereocenters. The number of rotatable bonds is 5. The molecule has 0 aromatic rings. The maximum atomic E-state index is 11.6. The van der Waals surface area contributed by atoms with Crippen LogP contribution in [0.4, 0.5) is 0 Å². The van der Waals surface area contributed by atoms with Gasteiger partial charge in [0.2, 0.25) is 5.91 Å². The van der Waals surface area contributed by atoms with Gasteiger partial charge in [0, 0.05) is 19.0 Å². The molecule has 1 amide bonds. The quantitative estimate of drug-likeness (QED) is 0.636. The predicted molar refractivity (Wildman–Crippen MR) is 81.2 cm³/mol. The molecular formula is C16H26N2O4. The molecule has 4 unspecified atom stereocenters. The van der Waals surface area contributed by atoms with Crippen LogP contribution in [-0.4, -0.2) is 46.8 Å². The van der Waals surface area contributed by atoms with Crippen molar-refractivity contribution < 1.29 is 19.5 Å². The van der Waals surface area contributed by atoms with Crippen molar-refractivity contribution >= 4 is 18.5 Å². The van der Waals surface area contributed by atoms with Crippen molar-refractivity contribution in [3.63, 3.8) is 0 Å². The van der Waals surface area contributed by atoms with Gasteiger partial charge in [0.15, 0.2) is 6.29 Å². The minimum atomic E-state index is -1.22. The smallest absolute Gasteiger partial charge is 0.217 e. The third-order valence-corrected chi connectivity index (χ3v) is 5.13. The maximum Gasteiger partial charge on any atom is 0.217 e. The summed E-state index contributed by atoms with van der Waals surface area (Å²) in [6.45, 7) is 3.47. The molecule has 6 nitrogen and oxygen atoms in total. The molecule has 2 aliphatic rings. The molecule has 2 fully saturated rings. The van der Waals surface area contributed by atoms with E-state index in [9.17, 15) is 19.5 Å². The Bertz CT molecular complexity index is 455. The summed E-state index contributed by atoms with van der Waals surface area (Å²) in [5.74, 6) is 0.0365. The number of hydrogen-bond donors (Lipinski definition) is 3. The summed E-state index contributed by atoms with van der Waals surface area (Å²) in [7, 11) is 0. The lowest BCUT2D eigenvalue weighted by molar-refractivity contribution is -0.130. The van der Waals surface area contributed by atoms with Crippen LogP contribution in [0.2, 0.25) is 0 Å². The lowest BCUT2D eigenvalue weighted by Crippen LogP contribution is -2.56. The van der Waals surface area contributed by atoms with E-state index in [2.05, 4.69) is 10.6 Å². The highest BCUT2D eigenvalue weighted by molar-refractivity contribution is 5.74. The Labute approximate surface area is 131 Å². The third-order valence-electron chi connectivity index (χ3n) is 5.13. The van der Waals surface area contributed by atoms with Crippen molar-refractivity contribution in [2.24, 2.45) is 5.92 Å². The van der Waals surface area contributed by atoms with Crippen molar-refractivity contribution in [3.8, 4) is 0 Å². The molecule has 0 bridgehead atoms. The van der Waals surface area contributed by atoms with Gasteiger partial charge >= 0.3 is 0 Å². The van der Waals surface area contributed by atoms with Crippen molar-refractivity contribution in [3.05, 3.63) is 0 Å². The van der Waals surface area contributed by atoms with Crippen LogP contribution in [0.3, 0.4) is 0 Å². The molecule has 0 radical (unpaired) electrons. The topological polar surface area (TPSA) is 95.5 Å². The fourth-order valence-electron chi connectivity index (χ4n) is 3.94. The molecule has 3 N–H and O–H groups in total. The highest BCUT2D eigenvalue weighted by atomic mass is 16.3. The first-order valence-electron chi connectivity index (χ1n) is 8.01. The second-order valence-corrected chi connectivity index (χ2v) is 7.11. The number of carbonyl (C=O) groups is 3. The van der Waals surface area contributed by atoms with Crippen molar-refractivity contribution in [2.75, 3.05) is 0 Å². The van der Waals surface area contributed by atoms with E-state index in [0.717, 1.165) is 12.7 Å². The molecule has 0 heterocycles. The maximum absolute atomic E-state index is 11.6. The van der Waals surface area contributed by atoms with E-state index in [1.54, 1.807) is 0 Å². The third kappa shape index (κ3) is 3.73. The van der Waals surface area contributed by atoms with Crippen LogP contribution in [0.1, 0.15) is 52.4 Å². The van der Waals surface area contributed by atoms with Gasteiger partial charge in [-0.15, -0.1) is 0 Å². The highest BCUT2D eigenvalue weighted by Gasteiger charge is 2.44. The van der Waals surface area contributed by atoms with Crippen LogP contribution in [0, 0.1) is 5.92 Å². The van der Waals surface area contributed by atoms with Crippen molar-refractivity contribution in [1.29, 1.82) is 0 Å².